The lowest BCUT2D eigenvalue weighted by Gasteiger charge is -2.01. The zero-order valence-corrected chi connectivity index (χ0v) is 7.98. The smallest absolute Gasteiger partial charge is 0.274 e. The molecular formula is C6H5BrN2OS. The average molecular weight is 233 g/mol. The molecular weight excluding hydrogens is 228 g/mol. The predicted molar refractivity (Wildman–Crippen MR) is 46.9 cm³/mol. The van der Waals surface area contributed by atoms with E-state index in [4.69, 9.17) is 0 Å². The van der Waals surface area contributed by atoms with Gasteiger partial charge in [-0.05, 0) is 15.9 Å². The number of hydrogen-bond acceptors (Lipinski definition) is 3. The van der Waals surface area contributed by atoms with E-state index in [2.05, 4.69) is 20.9 Å². The van der Waals surface area contributed by atoms with Crippen molar-refractivity contribution < 1.29 is 0 Å². The summed E-state index contributed by atoms with van der Waals surface area (Å²) in [6, 6.07) is 1.50. The van der Waals surface area contributed by atoms with E-state index < -0.39 is 0 Å². The van der Waals surface area contributed by atoms with E-state index in [0.717, 1.165) is 22.1 Å². The van der Waals surface area contributed by atoms with Crippen molar-refractivity contribution in [3.8, 4) is 0 Å². The molecule has 0 amide bonds. The van der Waals surface area contributed by atoms with Crippen LogP contribution >= 0.6 is 27.7 Å². The molecule has 0 radical (unpaired) electrons. The molecule has 0 aliphatic carbocycles. The van der Waals surface area contributed by atoms with Crippen LogP contribution in [-0.4, -0.2) is 15.3 Å². The molecule has 2 rings (SSSR count). The Morgan fingerprint density at radius 1 is 1.73 bits per heavy atom. The molecule has 2 heterocycles. The molecule has 11 heavy (non-hydrogen) atoms. The number of halogens is 1. The molecule has 58 valence electrons. The van der Waals surface area contributed by atoms with Gasteiger partial charge in [0, 0.05) is 18.4 Å². The van der Waals surface area contributed by atoms with Crippen molar-refractivity contribution in [3.63, 3.8) is 0 Å². The first kappa shape index (κ1) is 7.36. The molecule has 0 unspecified atom stereocenters. The van der Waals surface area contributed by atoms with Gasteiger partial charge in [0.05, 0.1) is 4.60 Å². The van der Waals surface area contributed by atoms with Crippen molar-refractivity contribution in [2.75, 3.05) is 5.75 Å². The van der Waals surface area contributed by atoms with Gasteiger partial charge in [0.25, 0.3) is 5.56 Å². The fourth-order valence-electron chi connectivity index (χ4n) is 0.999. The number of nitrogens with zero attached hydrogens (tertiary/aromatic N) is 2. The predicted octanol–water partition coefficient (Wildman–Crippen LogP) is 1.11. The van der Waals surface area contributed by atoms with Gasteiger partial charge in [-0.1, -0.05) is 11.8 Å². The lowest BCUT2D eigenvalue weighted by Crippen LogP contribution is -2.11. The second-order valence-electron chi connectivity index (χ2n) is 2.20. The zero-order valence-electron chi connectivity index (χ0n) is 5.58. The van der Waals surface area contributed by atoms with Crippen LogP contribution < -0.4 is 5.56 Å². The topological polar surface area (TPSA) is 34.9 Å². The number of thioether (sulfide) groups is 1. The van der Waals surface area contributed by atoms with Crippen molar-refractivity contribution in [2.45, 2.75) is 11.7 Å². The first-order valence-corrected chi connectivity index (χ1v) is 4.95. The molecule has 1 aliphatic rings. The van der Waals surface area contributed by atoms with Gasteiger partial charge in [-0.15, -0.1) is 0 Å². The van der Waals surface area contributed by atoms with E-state index in [-0.39, 0.29) is 5.56 Å². The molecule has 3 nitrogen and oxygen atoms in total. The molecule has 0 aromatic carbocycles. The third-order valence-corrected chi connectivity index (χ3v) is 3.10. The van der Waals surface area contributed by atoms with Crippen molar-refractivity contribution in [2.24, 2.45) is 0 Å². The maximum Gasteiger partial charge on any atom is 0.274 e. The summed E-state index contributed by atoms with van der Waals surface area (Å²) in [5.74, 6) is 1.01. The van der Waals surface area contributed by atoms with Gasteiger partial charge in [0.2, 0.25) is 0 Å². The number of rotatable bonds is 0. The third kappa shape index (κ3) is 1.22. The standard InChI is InChI=1S/C6H5BrN2OS/c7-4-3-5(10)8-6-9(4)1-2-11-6/h3H,1-2H2. The fraction of sp³-hybridized carbons (Fsp3) is 0.333. The van der Waals surface area contributed by atoms with Gasteiger partial charge in [-0.2, -0.15) is 4.98 Å². The summed E-state index contributed by atoms with van der Waals surface area (Å²) in [4.78, 5) is 14.7. The summed E-state index contributed by atoms with van der Waals surface area (Å²) < 4.78 is 2.82. The second kappa shape index (κ2) is 2.64. The Balaban J connectivity index is 2.70. The van der Waals surface area contributed by atoms with Crippen LogP contribution in [0.5, 0.6) is 0 Å². The summed E-state index contributed by atoms with van der Waals surface area (Å²) in [6.45, 7) is 0.938. The Bertz CT molecular complexity index is 349. The van der Waals surface area contributed by atoms with Crippen molar-refractivity contribution in [1.29, 1.82) is 0 Å². The van der Waals surface area contributed by atoms with Crippen LogP contribution in [0.1, 0.15) is 0 Å². The van der Waals surface area contributed by atoms with Crippen LogP contribution in [-0.2, 0) is 6.54 Å². The minimum atomic E-state index is -0.169. The molecule has 1 aromatic heterocycles. The monoisotopic (exact) mass is 232 g/mol. The normalized spacial score (nSPS) is 15.0. The van der Waals surface area contributed by atoms with E-state index in [9.17, 15) is 4.79 Å². The SMILES string of the molecule is O=c1cc(Br)n2c(n1)SCC2. The Morgan fingerprint density at radius 2 is 2.55 bits per heavy atom. The first-order chi connectivity index (χ1) is 5.27. The van der Waals surface area contributed by atoms with Crippen LogP contribution in [0.4, 0.5) is 0 Å². The van der Waals surface area contributed by atoms with E-state index in [1.165, 1.54) is 6.07 Å². The van der Waals surface area contributed by atoms with Crippen LogP contribution in [0, 0.1) is 0 Å². The number of aromatic nitrogens is 2. The molecule has 0 fully saturated rings. The molecule has 5 heteroatoms. The third-order valence-electron chi connectivity index (χ3n) is 1.48. The highest BCUT2D eigenvalue weighted by atomic mass is 79.9. The average Bonchev–Trinajstić information content (AvgIpc) is 2.34. The summed E-state index contributed by atoms with van der Waals surface area (Å²) in [6.07, 6.45) is 0. The second-order valence-corrected chi connectivity index (χ2v) is 4.07. The van der Waals surface area contributed by atoms with E-state index in [0.29, 0.717) is 0 Å². The van der Waals surface area contributed by atoms with Gasteiger partial charge in [0.15, 0.2) is 5.16 Å². The highest BCUT2D eigenvalue weighted by molar-refractivity contribution is 9.10. The van der Waals surface area contributed by atoms with Crippen molar-refractivity contribution in [1.82, 2.24) is 9.55 Å². The molecule has 0 spiro atoms. The van der Waals surface area contributed by atoms with E-state index >= 15 is 0 Å². The van der Waals surface area contributed by atoms with Crippen LogP contribution in [0.2, 0.25) is 0 Å². The first-order valence-electron chi connectivity index (χ1n) is 3.17. The van der Waals surface area contributed by atoms with Crippen LogP contribution in [0.15, 0.2) is 20.6 Å². The van der Waals surface area contributed by atoms with Gasteiger partial charge >= 0.3 is 0 Å². The zero-order chi connectivity index (χ0) is 7.84. The minimum absolute atomic E-state index is 0.169. The number of fused-ring (bicyclic) bond motifs is 1. The lowest BCUT2D eigenvalue weighted by molar-refractivity contribution is 0.657. The minimum Gasteiger partial charge on any atom is -0.314 e. The quantitative estimate of drug-likeness (QED) is 0.497. The largest absolute Gasteiger partial charge is 0.314 e. The Labute approximate surface area is 76.0 Å². The molecule has 0 bridgehead atoms. The maximum absolute atomic E-state index is 10.9. The summed E-state index contributed by atoms with van der Waals surface area (Å²) in [7, 11) is 0. The maximum atomic E-state index is 10.9. The van der Waals surface area contributed by atoms with Gasteiger partial charge in [0.1, 0.15) is 0 Å². The van der Waals surface area contributed by atoms with E-state index in [1.54, 1.807) is 11.8 Å². The van der Waals surface area contributed by atoms with Gasteiger partial charge in [-0.3, -0.25) is 4.79 Å². The lowest BCUT2D eigenvalue weighted by atomic mass is 10.6. The highest BCUT2D eigenvalue weighted by Crippen LogP contribution is 2.25. The molecule has 0 saturated carbocycles. The summed E-state index contributed by atoms with van der Waals surface area (Å²) in [5.41, 5.74) is -0.169. The Hall–Kier alpha value is -0.290. The van der Waals surface area contributed by atoms with Crippen LogP contribution in [0.25, 0.3) is 0 Å². The van der Waals surface area contributed by atoms with E-state index in [1.807, 2.05) is 4.57 Å². The van der Waals surface area contributed by atoms with Gasteiger partial charge in [-0.25, -0.2) is 0 Å². The highest BCUT2D eigenvalue weighted by Gasteiger charge is 2.13. The Kier molecular flexibility index (Phi) is 1.77. The summed E-state index contributed by atoms with van der Waals surface area (Å²) >= 11 is 4.93. The molecule has 1 aromatic rings. The molecule has 1 aliphatic heterocycles. The van der Waals surface area contributed by atoms with Crippen LogP contribution in [0.3, 0.4) is 0 Å². The Morgan fingerprint density at radius 3 is 3.36 bits per heavy atom. The number of hydrogen-bond donors (Lipinski definition) is 0. The fourth-order valence-corrected chi connectivity index (χ4v) is 2.61. The molecule has 0 N–H and O–H groups in total. The summed E-state index contributed by atoms with van der Waals surface area (Å²) in [5, 5.41) is 0.823. The van der Waals surface area contributed by atoms with Crippen molar-refractivity contribution in [3.05, 3.63) is 21.0 Å². The molecule has 0 atom stereocenters. The molecule has 0 saturated heterocycles. The van der Waals surface area contributed by atoms with Gasteiger partial charge < -0.3 is 4.57 Å². The van der Waals surface area contributed by atoms with Crippen molar-refractivity contribution >= 4 is 27.7 Å².